The van der Waals surface area contributed by atoms with Gasteiger partial charge in [-0.3, -0.25) is 9.78 Å². The molecule has 0 bridgehead atoms. The predicted molar refractivity (Wildman–Crippen MR) is 119 cm³/mol. The van der Waals surface area contributed by atoms with Crippen molar-refractivity contribution in [3.05, 3.63) is 71.1 Å². The van der Waals surface area contributed by atoms with Crippen LogP contribution in [-0.2, 0) is 6.18 Å². The average Bonchev–Trinajstić information content (AvgIpc) is 2.79. The number of hydrogen-bond acceptors (Lipinski definition) is 6. The lowest BCUT2D eigenvalue weighted by Gasteiger charge is -2.14. The molecular formula is C23H18F4N6O. The molecular weight excluding hydrogens is 452 g/mol. The van der Waals surface area contributed by atoms with Crippen LogP contribution in [0.4, 0.5) is 29.2 Å². The molecule has 0 spiro atoms. The van der Waals surface area contributed by atoms with Crippen molar-refractivity contribution in [2.75, 3.05) is 17.7 Å². The topological polar surface area (TPSA) is 92.7 Å². The number of nitrogens with zero attached hydrogens (tertiary/aromatic N) is 4. The summed E-state index contributed by atoms with van der Waals surface area (Å²) in [7, 11) is 1.69. The standard InChI is InChI=1S/C23H18F4N6O/c1-11-6-17(24)18(32-21(34)13-4-5-29-19(8-13)23(25,26)27)9-15(11)16-7-14-10-30-22(28-3)33-20(14)31-12(16)2/h4-10H,1-3H3,(H,32,34)(H,28,30,31,33). The molecule has 0 fully saturated rings. The van der Waals surface area contributed by atoms with Gasteiger partial charge in [-0.1, -0.05) is 0 Å². The number of alkyl halides is 3. The Labute approximate surface area is 191 Å². The lowest BCUT2D eigenvalue weighted by molar-refractivity contribution is -0.141. The van der Waals surface area contributed by atoms with Crippen LogP contribution in [-0.4, -0.2) is 32.9 Å². The number of hydrogen-bond donors (Lipinski definition) is 2. The highest BCUT2D eigenvalue weighted by atomic mass is 19.4. The van der Waals surface area contributed by atoms with Crippen LogP contribution in [0.5, 0.6) is 0 Å². The summed E-state index contributed by atoms with van der Waals surface area (Å²) in [5, 5.41) is 5.85. The first-order chi connectivity index (χ1) is 16.1. The summed E-state index contributed by atoms with van der Waals surface area (Å²) in [6.07, 6.45) is -2.23. The van der Waals surface area contributed by atoms with E-state index in [9.17, 15) is 22.4 Å². The number of pyridine rings is 2. The largest absolute Gasteiger partial charge is 0.433 e. The van der Waals surface area contributed by atoms with Crippen molar-refractivity contribution in [2.45, 2.75) is 20.0 Å². The number of amides is 1. The fourth-order valence-corrected chi connectivity index (χ4v) is 3.43. The van der Waals surface area contributed by atoms with Gasteiger partial charge in [-0.2, -0.15) is 18.2 Å². The first kappa shape index (κ1) is 23.0. The number of rotatable bonds is 4. The van der Waals surface area contributed by atoms with Crippen molar-refractivity contribution in [3.8, 4) is 11.1 Å². The quantitative estimate of drug-likeness (QED) is 0.401. The molecule has 0 aliphatic rings. The third-order valence-electron chi connectivity index (χ3n) is 5.15. The molecule has 7 nitrogen and oxygen atoms in total. The number of carbonyl (C=O) groups is 1. The zero-order chi connectivity index (χ0) is 24.6. The summed E-state index contributed by atoms with van der Waals surface area (Å²) in [4.78, 5) is 28.8. The minimum absolute atomic E-state index is 0.183. The first-order valence-electron chi connectivity index (χ1n) is 10.0. The van der Waals surface area contributed by atoms with E-state index in [1.165, 1.54) is 12.1 Å². The summed E-state index contributed by atoms with van der Waals surface area (Å²) >= 11 is 0. The van der Waals surface area contributed by atoms with E-state index in [0.717, 1.165) is 12.3 Å². The highest BCUT2D eigenvalue weighted by molar-refractivity contribution is 6.04. The molecule has 0 aliphatic carbocycles. The van der Waals surface area contributed by atoms with Crippen LogP contribution in [0.25, 0.3) is 22.2 Å². The average molecular weight is 470 g/mol. The summed E-state index contributed by atoms with van der Waals surface area (Å²) in [6.45, 7) is 3.47. The molecule has 0 saturated heterocycles. The van der Waals surface area contributed by atoms with Gasteiger partial charge in [0.15, 0.2) is 5.65 Å². The zero-order valence-corrected chi connectivity index (χ0v) is 18.3. The number of fused-ring (bicyclic) bond motifs is 1. The van der Waals surface area contributed by atoms with Crippen LogP contribution in [0, 0.1) is 19.7 Å². The van der Waals surface area contributed by atoms with E-state index >= 15 is 0 Å². The first-order valence-corrected chi connectivity index (χ1v) is 10.0. The second-order valence-electron chi connectivity index (χ2n) is 7.51. The van der Waals surface area contributed by atoms with E-state index in [1.54, 1.807) is 33.2 Å². The van der Waals surface area contributed by atoms with Crippen LogP contribution >= 0.6 is 0 Å². The van der Waals surface area contributed by atoms with Crippen LogP contribution in [0.1, 0.15) is 27.3 Å². The number of benzene rings is 1. The van der Waals surface area contributed by atoms with Crippen molar-refractivity contribution < 1.29 is 22.4 Å². The number of anilines is 2. The second kappa shape index (κ2) is 8.65. The van der Waals surface area contributed by atoms with Gasteiger partial charge < -0.3 is 10.6 Å². The summed E-state index contributed by atoms with van der Waals surface area (Å²) in [6, 6.07) is 6.20. The number of aryl methyl sites for hydroxylation is 2. The highest BCUT2D eigenvalue weighted by Crippen LogP contribution is 2.33. The summed E-state index contributed by atoms with van der Waals surface area (Å²) in [5.74, 6) is -1.21. The lowest BCUT2D eigenvalue weighted by atomic mass is 9.97. The van der Waals surface area contributed by atoms with Crippen molar-refractivity contribution >= 4 is 28.6 Å². The fourth-order valence-electron chi connectivity index (χ4n) is 3.43. The Morgan fingerprint density at radius 2 is 1.76 bits per heavy atom. The van der Waals surface area contributed by atoms with Crippen molar-refractivity contribution in [3.63, 3.8) is 0 Å². The third kappa shape index (κ3) is 4.49. The molecule has 0 atom stereocenters. The molecule has 1 amide bonds. The number of nitrogens with one attached hydrogen (secondary N) is 2. The molecule has 34 heavy (non-hydrogen) atoms. The van der Waals surface area contributed by atoms with E-state index in [0.29, 0.717) is 45.4 Å². The molecule has 0 aliphatic heterocycles. The molecule has 2 N–H and O–H groups in total. The van der Waals surface area contributed by atoms with E-state index in [2.05, 4.69) is 30.6 Å². The Kier molecular flexibility index (Phi) is 5.86. The summed E-state index contributed by atoms with van der Waals surface area (Å²) in [5.41, 5.74) is 1.23. The second-order valence-corrected chi connectivity index (χ2v) is 7.51. The molecule has 3 heterocycles. The molecule has 4 rings (SSSR count). The molecule has 4 aromatic rings. The van der Waals surface area contributed by atoms with Gasteiger partial charge in [-0.05, 0) is 55.3 Å². The van der Waals surface area contributed by atoms with E-state index in [4.69, 9.17) is 0 Å². The Balaban J connectivity index is 1.72. The Morgan fingerprint density at radius 1 is 1.00 bits per heavy atom. The van der Waals surface area contributed by atoms with Crippen molar-refractivity contribution in [2.24, 2.45) is 0 Å². The highest BCUT2D eigenvalue weighted by Gasteiger charge is 2.33. The van der Waals surface area contributed by atoms with Crippen LogP contribution in [0.15, 0.2) is 42.7 Å². The Bertz CT molecular complexity index is 1420. The van der Waals surface area contributed by atoms with Crippen LogP contribution in [0.3, 0.4) is 0 Å². The molecule has 1 aromatic carbocycles. The minimum atomic E-state index is -4.71. The molecule has 11 heteroatoms. The van der Waals surface area contributed by atoms with Gasteiger partial charge in [0.25, 0.3) is 5.91 Å². The predicted octanol–water partition coefficient (Wildman–Crippen LogP) is 5.16. The van der Waals surface area contributed by atoms with E-state index < -0.39 is 23.6 Å². The van der Waals surface area contributed by atoms with Crippen molar-refractivity contribution in [1.82, 2.24) is 19.9 Å². The van der Waals surface area contributed by atoms with Gasteiger partial charge in [0.05, 0.1) is 5.69 Å². The van der Waals surface area contributed by atoms with E-state index in [1.807, 2.05) is 0 Å². The zero-order valence-electron chi connectivity index (χ0n) is 18.3. The third-order valence-corrected chi connectivity index (χ3v) is 5.15. The normalized spacial score (nSPS) is 11.5. The maximum atomic E-state index is 14.7. The Hall–Kier alpha value is -4.15. The maximum Gasteiger partial charge on any atom is 0.433 e. The number of carbonyl (C=O) groups excluding carboxylic acids is 1. The van der Waals surface area contributed by atoms with Gasteiger partial charge in [0, 0.05) is 41.6 Å². The van der Waals surface area contributed by atoms with Crippen LogP contribution < -0.4 is 10.6 Å². The SMILES string of the molecule is CNc1ncc2cc(-c3cc(NC(=O)c4ccnc(C(F)(F)F)c4)c(F)cc3C)c(C)nc2n1. The van der Waals surface area contributed by atoms with E-state index in [-0.39, 0.29) is 11.3 Å². The smallest absolute Gasteiger partial charge is 0.357 e. The maximum absolute atomic E-state index is 14.7. The molecule has 174 valence electrons. The molecule has 0 saturated carbocycles. The van der Waals surface area contributed by atoms with Gasteiger partial charge in [-0.15, -0.1) is 0 Å². The van der Waals surface area contributed by atoms with Gasteiger partial charge in [-0.25, -0.2) is 14.4 Å². The van der Waals surface area contributed by atoms with Crippen molar-refractivity contribution in [1.29, 1.82) is 0 Å². The van der Waals surface area contributed by atoms with Gasteiger partial charge >= 0.3 is 6.18 Å². The molecule has 0 radical (unpaired) electrons. The lowest BCUT2D eigenvalue weighted by Crippen LogP contribution is -2.16. The number of aromatic nitrogens is 4. The van der Waals surface area contributed by atoms with Gasteiger partial charge in [0.2, 0.25) is 5.95 Å². The minimum Gasteiger partial charge on any atom is -0.357 e. The molecule has 0 unspecified atom stereocenters. The molecule has 3 aromatic heterocycles. The van der Waals surface area contributed by atoms with Gasteiger partial charge in [0.1, 0.15) is 11.5 Å². The summed E-state index contributed by atoms with van der Waals surface area (Å²) < 4.78 is 53.5. The monoisotopic (exact) mass is 470 g/mol. The number of halogens is 4. The Morgan fingerprint density at radius 3 is 2.47 bits per heavy atom. The van der Waals surface area contributed by atoms with Crippen LogP contribution in [0.2, 0.25) is 0 Å². The fraction of sp³-hybridized carbons (Fsp3) is 0.174.